The molecular formula is C26H37N5O6. The van der Waals surface area contributed by atoms with Crippen molar-refractivity contribution in [2.75, 3.05) is 46.6 Å². The molecule has 1 aromatic heterocycles. The van der Waals surface area contributed by atoms with E-state index in [4.69, 9.17) is 19.9 Å². The predicted molar refractivity (Wildman–Crippen MR) is 136 cm³/mol. The fourth-order valence-corrected chi connectivity index (χ4v) is 5.39. The third-order valence-electron chi connectivity index (χ3n) is 7.26. The van der Waals surface area contributed by atoms with Crippen molar-refractivity contribution < 1.29 is 28.9 Å². The van der Waals surface area contributed by atoms with E-state index < -0.39 is 11.9 Å². The first kappa shape index (κ1) is 26.7. The zero-order valence-electron chi connectivity index (χ0n) is 21.5. The molecule has 0 aliphatic carbocycles. The number of hydrogen-bond donors (Lipinski definition) is 2. The van der Waals surface area contributed by atoms with Crippen LogP contribution in [-0.4, -0.2) is 89.0 Å². The van der Waals surface area contributed by atoms with Crippen LogP contribution in [-0.2, 0) is 16.1 Å². The van der Waals surface area contributed by atoms with Gasteiger partial charge in [0.1, 0.15) is 0 Å². The number of amides is 1. The number of ether oxygens (including phenoxy) is 3. The van der Waals surface area contributed by atoms with Gasteiger partial charge in [-0.1, -0.05) is 13.3 Å². The standard InChI is InChI=1S/C26H37N5O6/c1-3-4-8-30(10-6-27)23(32)15-31-14-19(18-12-21(35-2)25-22(13-18)36-17-37-25)24(26(33)34)20(31)5-9-29-11-7-28-16-29/h7,11-13,16,19-20,24H,3-6,8-10,14-15,17,27H2,1-2H3,(H,33,34). The lowest BCUT2D eigenvalue weighted by molar-refractivity contribution is -0.144. The number of benzene rings is 1. The van der Waals surface area contributed by atoms with Crippen LogP contribution in [0, 0.1) is 5.92 Å². The second kappa shape index (κ2) is 12.3. The molecule has 0 radical (unpaired) electrons. The molecule has 37 heavy (non-hydrogen) atoms. The van der Waals surface area contributed by atoms with Gasteiger partial charge in [-0.05, 0) is 30.5 Å². The lowest BCUT2D eigenvalue weighted by atomic mass is 9.84. The summed E-state index contributed by atoms with van der Waals surface area (Å²) in [6, 6.07) is 3.32. The number of aryl methyl sites for hydroxylation is 1. The Kier molecular flexibility index (Phi) is 8.88. The number of imidazole rings is 1. The number of carboxylic acid groups (broad SMARTS) is 1. The first-order valence-electron chi connectivity index (χ1n) is 12.8. The second-order valence-corrected chi connectivity index (χ2v) is 9.54. The van der Waals surface area contributed by atoms with E-state index in [9.17, 15) is 14.7 Å². The molecule has 0 spiro atoms. The average Bonchev–Trinajstić information content (AvgIpc) is 3.64. The Labute approximate surface area is 217 Å². The number of carbonyl (C=O) groups is 2. The number of unbranched alkanes of at least 4 members (excludes halogenated alkanes) is 1. The number of nitrogens with two attached hydrogens (primary N) is 1. The highest BCUT2D eigenvalue weighted by Gasteiger charge is 2.47. The molecule has 1 fully saturated rings. The highest BCUT2D eigenvalue weighted by molar-refractivity contribution is 5.79. The van der Waals surface area contributed by atoms with Gasteiger partial charge in [0.05, 0.1) is 25.9 Å². The van der Waals surface area contributed by atoms with Crippen molar-refractivity contribution in [1.82, 2.24) is 19.4 Å². The number of aromatic nitrogens is 2. The molecule has 4 rings (SSSR count). The van der Waals surface area contributed by atoms with E-state index in [1.807, 2.05) is 27.8 Å². The van der Waals surface area contributed by atoms with E-state index in [0.29, 0.717) is 56.4 Å². The molecule has 0 bridgehead atoms. The van der Waals surface area contributed by atoms with Crippen molar-refractivity contribution in [1.29, 1.82) is 0 Å². The van der Waals surface area contributed by atoms with Gasteiger partial charge in [0.2, 0.25) is 18.4 Å². The van der Waals surface area contributed by atoms with Gasteiger partial charge >= 0.3 is 5.97 Å². The molecule has 11 nitrogen and oxygen atoms in total. The van der Waals surface area contributed by atoms with Gasteiger partial charge in [0, 0.05) is 57.1 Å². The lowest BCUT2D eigenvalue weighted by Crippen LogP contribution is -2.46. The molecular weight excluding hydrogens is 478 g/mol. The van der Waals surface area contributed by atoms with Crippen LogP contribution in [0.25, 0.3) is 0 Å². The number of likely N-dealkylation sites (tertiary alicyclic amines) is 1. The third kappa shape index (κ3) is 5.99. The molecule has 3 N–H and O–H groups in total. The molecule has 202 valence electrons. The van der Waals surface area contributed by atoms with Crippen molar-refractivity contribution in [3.63, 3.8) is 0 Å². The van der Waals surface area contributed by atoms with Crippen LogP contribution < -0.4 is 19.9 Å². The lowest BCUT2D eigenvalue weighted by Gasteiger charge is -2.29. The molecule has 11 heteroatoms. The summed E-state index contributed by atoms with van der Waals surface area (Å²) in [5, 5.41) is 10.4. The van der Waals surface area contributed by atoms with Crippen LogP contribution in [0.15, 0.2) is 30.9 Å². The van der Waals surface area contributed by atoms with Gasteiger partial charge in [0.25, 0.3) is 0 Å². The summed E-state index contributed by atoms with van der Waals surface area (Å²) in [6.07, 6.45) is 7.70. The average molecular weight is 516 g/mol. The monoisotopic (exact) mass is 515 g/mol. The van der Waals surface area contributed by atoms with Crippen LogP contribution >= 0.6 is 0 Å². The highest BCUT2D eigenvalue weighted by Crippen LogP contribution is 2.47. The quantitative estimate of drug-likeness (QED) is 0.409. The largest absolute Gasteiger partial charge is 0.493 e. The van der Waals surface area contributed by atoms with Crippen molar-refractivity contribution in [3.8, 4) is 17.2 Å². The Bertz CT molecular complexity index is 1060. The van der Waals surface area contributed by atoms with Crippen molar-refractivity contribution in [2.24, 2.45) is 11.7 Å². The highest BCUT2D eigenvalue weighted by atomic mass is 16.7. The number of fused-ring (bicyclic) bond motifs is 1. The summed E-state index contributed by atoms with van der Waals surface area (Å²) in [4.78, 5) is 34.0. The summed E-state index contributed by atoms with van der Waals surface area (Å²) in [5.41, 5.74) is 6.57. The smallest absolute Gasteiger partial charge is 0.308 e. The topological polar surface area (TPSA) is 132 Å². The Morgan fingerprint density at radius 1 is 1.30 bits per heavy atom. The minimum atomic E-state index is -0.892. The zero-order chi connectivity index (χ0) is 26.4. The third-order valence-corrected chi connectivity index (χ3v) is 7.26. The number of rotatable bonds is 13. The normalized spacial score (nSPS) is 20.8. The molecule has 3 heterocycles. The molecule has 3 atom stereocenters. The van der Waals surface area contributed by atoms with E-state index in [2.05, 4.69) is 11.9 Å². The zero-order valence-corrected chi connectivity index (χ0v) is 21.5. The summed E-state index contributed by atoms with van der Waals surface area (Å²) >= 11 is 0. The molecule has 2 aromatic rings. The second-order valence-electron chi connectivity index (χ2n) is 9.54. The minimum absolute atomic E-state index is 0.0282. The molecule has 2 aliphatic heterocycles. The van der Waals surface area contributed by atoms with Crippen molar-refractivity contribution in [3.05, 3.63) is 36.4 Å². The van der Waals surface area contributed by atoms with Gasteiger partial charge in [-0.25, -0.2) is 4.98 Å². The van der Waals surface area contributed by atoms with Gasteiger partial charge in [0.15, 0.2) is 11.5 Å². The van der Waals surface area contributed by atoms with Crippen LogP contribution in [0.5, 0.6) is 17.2 Å². The molecule has 1 saturated heterocycles. The molecule has 1 amide bonds. The van der Waals surface area contributed by atoms with Gasteiger partial charge in [-0.3, -0.25) is 14.5 Å². The first-order chi connectivity index (χ1) is 18.0. The molecule has 2 aliphatic rings. The first-order valence-corrected chi connectivity index (χ1v) is 12.8. The van der Waals surface area contributed by atoms with E-state index >= 15 is 0 Å². The molecule has 3 unspecified atom stereocenters. The minimum Gasteiger partial charge on any atom is -0.493 e. The van der Waals surface area contributed by atoms with E-state index in [0.717, 1.165) is 18.4 Å². The molecule has 0 saturated carbocycles. The van der Waals surface area contributed by atoms with Crippen LogP contribution in [0.3, 0.4) is 0 Å². The number of hydrogen-bond acceptors (Lipinski definition) is 8. The SMILES string of the molecule is CCCCN(CCN)C(=O)CN1CC(c2cc(OC)c3c(c2)OCO3)C(C(=O)O)C1CCn1ccnc1. The summed E-state index contributed by atoms with van der Waals surface area (Å²) in [6.45, 7) is 4.84. The number of carboxylic acids is 1. The number of aliphatic carboxylic acids is 1. The Morgan fingerprint density at radius 3 is 2.81 bits per heavy atom. The van der Waals surface area contributed by atoms with Gasteiger partial charge < -0.3 is 34.5 Å². The number of nitrogens with zero attached hydrogens (tertiary/aromatic N) is 4. The summed E-state index contributed by atoms with van der Waals surface area (Å²) in [5.74, 6) is -0.436. The Morgan fingerprint density at radius 2 is 2.14 bits per heavy atom. The Hall–Kier alpha value is -3.31. The Balaban J connectivity index is 1.63. The van der Waals surface area contributed by atoms with Crippen LogP contribution in [0.2, 0.25) is 0 Å². The maximum Gasteiger partial charge on any atom is 0.308 e. The maximum atomic E-state index is 13.4. The van der Waals surface area contributed by atoms with Gasteiger partial charge in [-0.2, -0.15) is 0 Å². The molecule has 1 aromatic carbocycles. The number of methoxy groups -OCH3 is 1. The van der Waals surface area contributed by atoms with Crippen LogP contribution in [0.1, 0.15) is 37.7 Å². The predicted octanol–water partition coefficient (Wildman–Crippen LogP) is 1.77. The summed E-state index contributed by atoms with van der Waals surface area (Å²) < 4.78 is 18.6. The van der Waals surface area contributed by atoms with E-state index in [1.165, 1.54) is 0 Å². The van der Waals surface area contributed by atoms with Crippen molar-refractivity contribution in [2.45, 2.75) is 44.7 Å². The van der Waals surface area contributed by atoms with Gasteiger partial charge in [-0.15, -0.1) is 0 Å². The van der Waals surface area contributed by atoms with E-state index in [1.54, 1.807) is 24.5 Å². The van der Waals surface area contributed by atoms with Crippen molar-refractivity contribution >= 4 is 11.9 Å². The maximum absolute atomic E-state index is 13.4. The fourth-order valence-electron chi connectivity index (χ4n) is 5.39. The number of carbonyl (C=O) groups excluding carboxylic acids is 1. The van der Waals surface area contributed by atoms with Crippen LogP contribution in [0.4, 0.5) is 0 Å². The fraction of sp³-hybridized carbons (Fsp3) is 0.577. The summed E-state index contributed by atoms with van der Waals surface area (Å²) in [7, 11) is 1.55. The van der Waals surface area contributed by atoms with E-state index in [-0.39, 0.29) is 31.2 Å².